The van der Waals surface area contributed by atoms with Crippen LogP contribution in [0.15, 0.2) is 42.5 Å². The molecule has 1 saturated heterocycles. The number of fused-ring (bicyclic) bond motifs is 1. The van der Waals surface area contributed by atoms with Gasteiger partial charge in [0.2, 0.25) is 5.91 Å². The Kier molecular flexibility index (Phi) is 8.71. The van der Waals surface area contributed by atoms with Gasteiger partial charge in [-0.2, -0.15) is 0 Å². The molecule has 2 aliphatic rings. The summed E-state index contributed by atoms with van der Waals surface area (Å²) >= 11 is 6.02. The Balaban J connectivity index is 0.00000306. The second-order valence-corrected chi connectivity index (χ2v) is 10.3. The molecule has 6 heteroatoms. The molecule has 2 aromatic rings. The van der Waals surface area contributed by atoms with E-state index in [9.17, 15) is 4.79 Å². The average molecular weight is 491 g/mol. The predicted molar refractivity (Wildman–Crippen MR) is 142 cm³/mol. The minimum atomic E-state index is -0.372. The van der Waals surface area contributed by atoms with Crippen LogP contribution in [0.25, 0.3) is 0 Å². The number of benzene rings is 2. The smallest absolute Gasteiger partial charge is 0.235 e. The first-order chi connectivity index (χ1) is 15.4. The minimum absolute atomic E-state index is 0. The summed E-state index contributed by atoms with van der Waals surface area (Å²) in [5, 5.41) is 4.00. The first-order valence-corrected chi connectivity index (χ1v) is 12.4. The third-order valence-corrected chi connectivity index (χ3v) is 7.36. The molecular formula is C27H37Cl2N3O. The number of anilines is 2. The van der Waals surface area contributed by atoms with Crippen LogP contribution in [0.3, 0.4) is 0 Å². The average Bonchev–Trinajstić information content (AvgIpc) is 3.05. The highest BCUT2D eigenvalue weighted by Crippen LogP contribution is 2.46. The Morgan fingerprint density at radius 2 is 1.73 bits per heavy atom. The predicted octanol–water partition coefficient (Wildman–Crippen LogP) is 6.30. The second-order valence-electron chi connectivity index (χ2n) is 9.89. The number of rotatable bonds is 8. The lowest BCUT2D eigenvalue weighted by molar-refractivity contribution is -0.121. The third kappa shape index (κ3) is 5.67. The fourth-order valence-electron chi connectivity index (χ4n) is 5.48. The zero-order valence-electron chi connectivity index (χ0n) is 20.1. The van der Waals surface area contributed by atoms with Crippen LogP contribution in [-0.4, -0.2) is 43.5 Å². The van der Waals surface area contributed by atoms with Crippen LogP contribution in [-0.2, 0) is 10.2 Å². The molecular weight excluding hydrogens is 453 g/mol. The molecule has 0 saturated carbocycles. The quantitative estimate of drug-likeness (QED) is 0.441. The Morgan fingerprint density at radius 1 is 1.03 bits per heavy atom. The largest absolute Gasteiger partial charge is 0.369 e. The van der Waals surface area contributed by atoms with Gasteiger partial charge in [0.25, 0.3) is 0 Å². The maximum atomic E-state index is 13.2. The number of para-hydroxylation sites is 1. The fraction of sp³-hybridized carbons (Fsp3) is 0.519. The SMILES string of the molecule is Cc1cccc2c1NC(=O)C2(CCCCN1CCN(c2ccc(Cl)cc2)CC1)CC(C)C.Cl. The van der Waals surface area contributed by atoms with E-state index in [0.29, 0.717) is 5.92 Å². The summed E-state index contributed by atoms with van der Waals surface area (Å²) in [5.74, 6) is 0.681. The summed E-state index contributed by atoms with van der Waals surface area (Å²) in [6.45, 7) is 11.9. The van der Waals surface area contributed by atoms with Crippen LogP contribution in [0.4, 0.5) is 11.4 Å². The standard InChI is InChI=1S/C27H36ClN3O.ClH/c1-20(2)19-27(24-8-6-7-21(3)25(24)29-26(27)32)13-4-5-14-30-15-17-31(18-16-30)23-11-9-22(28)10-12-23;/h6-12,20H,4-5,13-19H2,1-3H3,(H,29,32);1H. The van der Waals surface area contributed by atoms with Crippen molar-refractivity contribution in [2.45, 2.75) is 51.9 Å². The molecule has 1 amide bonds. The van der Waals surface area contributed by atoms with Gasteiger partial charge in [0.05, 0.1) is 5.41 Å². The number of aryl methyl sites for hydroxylation is 1. The van der Waals surface area contributed by atoms with Gasteiger partial charge in [-0.15, -0.1) is 12.4 Å². The summed E-state index contributed by atoms with van der Waals surface area (Å²) in [6.07, 6.45) is 4.05. The molecule has 2 heterocycles. The molecule has 33 heavy (non-hydrogen) atoms. The topological polar surface area (TPSA) is 35.6 Å². The molecule has 0 bridgehead atoms. The number of carbonyl (C=O) groups excluding carboxylic acids is 1. The summed E-state index contributed by atoms with van der Waals surface area (Å²) < 4.78 is 0. The lowest BCUT2D eigenvalue weighted by Gasteiger charge is -2.36. The third-order valence-electron chi connectivity index (χ3n) is 7.11. The van der Waals surface area contributed by atoms with E-state index < -0.39 is 0 Å². The molecule has 4 rings (SSSR count). The van der Waals surface area contributed by atoms with E-state index in [0.717, 1.165) is 69.1 Å². The van der Waals surface area contributed by atoms with Crippen molar-refractivity contribution in [1.82, 2.24) is 4.90 Å². The normalized spacial score (nSPS) is 20.5. The van der Waals surface area contributed by atoms with E-state index >= 15 is 0 Å². The van der Waals surface area contributed by atoms with E-state index in [1.54, 1.807) is 0 Å². The lowest BCUT2D eigenvalue weighted by atomic mass is 9.71. The Morgan fingerprint density at radius 3 is 2.39 bits per heavy atom. The van der Waals surface area contributed by atoms with Gasteiger partial charge in [0, 0.05) is 42.6 Å². The Hall–Kier alpha value is -1.75. The fourth-order valence-corrected chi connectivity index (χ4v) is 5.61. The number of halogens is 2. The van der Waals surface area contributed by atoms with Crippen molar-refractivity contribution in [2.75, 3.05) is 42.9 Å². The Bertz CT molecular complexity index is 939. The number of unbranched alkanes of at least 4 members (excludes halogenated alkanes) is 1. The number of piperazine rings is 1. The van der Waals surface area contributed by atoms with Crippen LogP contribution in [0.2, 0.25) is 5.02 Å². The van der Waals surface area contributed by atoms with E-state index in [1.807, 2.05) is 12.1 Å². The van der Waals surface area contributed by atoms with Gasteiger partial charge in [-0.1, -0.05) is 50.1 Å². The van der Waals surface area contributed by atoms with Gasteiger partial charge in [0.1, 0.15) is 0 Å². The number of nitrogens with one attached hydrogen (secondary N) is 1. The minimum Gasteiger partial charge on any atom is -0.369 e. The Labute approximate surface area is 210 Å². The lowest BCUT2D eigenvalue weighted by Crippen LogP contribution is -2.46. The number of hydrogen-bond acceptors (Lipinski definition) is 3. The molecule has 180 valence electrons. The molecule has 2 aliphatic heterocycles. The van der Waals surface area contributed by atoms with Crippen molar-refractivity contribution >= 4 is 41.3 Å². The molecule has 0 aliphatic carbocycles. The highest BCUT2D eigenvalue weighted by Gasteiger charge is 2.46. The van der Waals surface area contributed by atoms with Gasteiger partial charge in [-0.25, -0.2) is 0 Å². The number of carbonyl (C=O) groups is 1. The second kappa shape index (κ2) is 11.1. The van der Waals surface area contributed by atoms with Crippen LogP contribution in [0.1, 0.15) is 50.7 Å². The van der Waals surface area contributed by atoms with Crippen molar-refractivity contribution < 1.29 is 4.79 Å². The van der Waals surface area contributed by atoms with Crippen molar-refractivity contribution in [3.05, 3.63) is 58.6 Å². The van der Waals surface area contributed by atoms with Crippen LogP contribution < -0.4 is 10.2 Å². The molecule has 0 radical (unpaired) electrons. The number of amides is 1. The highest BCUT2D eigenvalue weighted by molar-refractivity contribution is 6.30. The zero-order chi connectivity index (χ0) is 22.7. The van der Waals surface area contributed by atoms with Crippen LogP contribution in [0, 0.1) is 12.8 Å². The van der Waals surface area contributed by atoms with Crippen LogP contribution >= 0.6 is 24.0 Å². The molecule has 1 N–H and O–H groups in total. The van der Waals surface area contributed by atoms with Crippen molar-refractivity contribution in [1.29, 1.82) is 0 Å². The van der Waals surface area contributed by atoms with Crippen molar-refractivity contribution in [3.8, 4) is 0 Å². The van der Waals surface area contributed by atoms with E-state index in [2.05, 4.69) is 66.2 Å². The van der Waals surface area contributed by atoms with E-state index in [-0.39, 0.29) is 23.7 Å². The summed E-state index contributed by atoms with van der Waals surface area (Å²) in [7, 11) is 0. The van der Waals surface area contributed by atoms with Crippen LogP contribution in [0.5, 0.6) is 0 Å². The van der Waals surface area contributed by atoms with Crippen molar-refractivity contribution in [2.24, 2.45) is 5.92 Å². The molecule has 1 atom stereocenters. The van der Waals surface area contributed by atoms with Gasteiger partial charge in [0.15, 0.2) is 0 Å². The number of hydrogen-bond donors (Lipinski definition) is 1. The van der Waals surface area contributed by atoms with Gasteiger partial charge in [-0.05, 0) is 74.0 Å². The molecule has 1 unspecified atom stereocenters. The van der Waals surface area contributed by atoms with Gasteiger partial charge in [-0.3, -0.25) is 9.69 Å². The maximum absolute atomic E-state index is 13.2. The van der Waals surface area contributed by atoms with E-state index in [1.165, 1.54) is 16.8 Å². The first kappa shape index (κ1) is 25.9. The molecule has 1 fully saturated rings. The van der Waals surface area contributed by atoms with E-state index in [4.69, 9.17) is 11.6 Å². The van der Waals surface area contributed by atoms with Gasteiger partial charge < -0.3 is 10.2 Å². The molecule has 2 aromatic carbocycles. The summed E-state index contributed by atoms with van der Waals surface area (Å²) in [6, 6.07) is 14.5. The monoisotopic (exact) mass is 489 g/mol. The van der Waals surface area contributed by atoms with Gasteiger partial charge >= 0.3 is 0 Å². The molecule has 0 aromatic heterocycles. The zero-order valence-corrected chi connectivity index (χ0v) is 21.6. The van der Waals surface area contributed by atoms with Crippen molar-refractivity contribution in [3.63, 3.8) is 0 Å². The highest BCUT2D eigenvalue weighted by atomic mass is 35.5. The summed E-state index contributed by atoms with van der Waals surface area (Å²) in [4.78, 5) is 18.2. The first-order valence-electron chi connectivity index (χ1n) is 12.0. The molecule has 0 spiro atoms. The number of nitrogens with zero attached hydrogens (tertiary/aromatic N) is 2. The molecule has 4 nitrogen and oxygen atoms in total. The maximum Gasteiger partial charge on any atom is 0.235 e. The summed E-state index contributed by atoms with van der Waals surface area (Å²) in [5.41, 5.74) is 4.32.